The number of hydrogen-bond acceptors (Lipinski definition) is 4. The van der Waals surface area contributed by atoms with Crippen molar-refractivity contribution in [3.8, 4) is 10.4 Å². The van der Waals surface area contributed by atoms with Gasteiger partial charge in [-0.15, -0.1) is 11.3 Å². The normalized spacial score (nSPS) is 9.90. The zero-order valence-electron chi connectivity index (χ0n) is 11.0. The van der Waals surface area contributed by atoms with Crippen LogP contribution in [0, 0.1) is 0 Å². The Bertz CT molecular complexity index is 664. The standard InChI is InChI=1S/C15H13NO4S/c1-2-8-20-15(19)16-11-9-12(21-13(11)14(17)18)10-6-4-3-5-7-10/h2-7,9H,1,8H2,(H,16,19)(H,17,18). The maximum atomic E-state index is 11.5. The molecule has 0 aliphatic heterocycles. The van der Waals surface area contributed by atoms with E-state index in [-0.39, 0.29) is 17.2 Å². The second-order valence-corrected chi connectivity index (χ2v) is 5.09. The molecule has 0 saturated carbocycles. The Hall–Kier alpha value is -2.60. The summed E-state index contributed by atoms with van der Waals surface area (Å²) in [7, 11) is 0. The summed E-state index contributed by atoms with van der Waals surface area (Å²) in [5, 5.41) is 11.7. The van der Waals surface area contributed by atoms with Gasteiger partial charge in [0.15, 0.2) is 0 Å². The Morgan fingerprint density at radius 1 is 1.33 bits per heavy atom. The minimum absolute atomic E-state index is 0.0594. The van der Waals surface area contributed by atoms with Gasteiger partial charge in [0, 0.05) is 4.88 Å². The lowest BCUT2D eigenvalue weighted by Gasteiger charge is -2.03. The number of hydrogen-bond donors (Lipinski definition) is 2. The van der Waals surface area contributed by atoms with Gasteiger partial charge in [-0.05, 0) is 11.6 Å². The van der Waals surface area contributed by atoms with E-state index in [1.54, 1.807) is 6.07 Å². The van der Waals surface area contributed by atoms with E-state index in [0.717, 1.165) is 21.8 Å². The Morgan fingerprint density at radius 2 is 2.05 bits per heavy atom. The molecule has 0 saturated heterocycles. The van der Waals surface area contributed by atoms with Crippen LogP contribution in [0.25, 0.3) is 10.4 Å². The van der Waals surface area contributed by atoms with Crippen LogP contribution < -0.4 is 5.32 Å². The topological polar surface area (TPSA) is 75.6 Å². The van der Waals surface area contributed by atoms with E-state index in [9.17, 15) is 14.7 Å². The molecule has 2 rings (SSSR count). The van der Waals surface area contributed by atoms with Crippen LogP contribution in [0.1, 0.15) is 9.67 Å². The van der Waals surface area contributed by atoms with Crippen molar-refractivity contribution in [3.63, 3.8) is 0 Å². The Morgan fingerprint density at radius 3 is 2.67 bits per heavy atom. The van der Waals surface area contributed by atoms with Gasteiger partial charge in [-0.25, -0.2) is 9.59 Å². The van der Waals surface area contributed by atoms with Crippen molar-refractivity contribution >= 4 is 29.1 Å². The molecule has 0 aliphatic carbocycles. The summed E-state index contributed by atoms with van der Waals surface area (Å²) in [6, 6.07) is 11.0. The van der Waals surface area contributed by atoms with Gasteiger partial charge >= 0.3 is 12.1 Å². The third kappa shape index (κ3) is 3.70. The van der Waals surface area contributed by atoms with Gasteiger partial charge in [0.05, 0.1) is 5.69 Å². The minimum atomic E-state index is -1.10. The Balaban J connectivity index is 2.28. The molecule has 5 nitrogen and oxygen atoms in total. The van der Waals surface area contributed by atoms with Gasteiger partial charge in [0.2, 0.25) is 0 Å². The number of rotatable bonds is 5. The summed E-state index contributed by atoms with van der Waals surface area (Å²) < 4.78 is 4.79. The SMILES string of the molecule is C=CCOC(=O)Nc1cc(-c2ccccc2)sc1C(=O)O. The summed E-state index contributed by atoms with van der Waals surface area (Å²) in [6.07, 6.45) is 0.718. The smallest absolute Gasteiger partial charge is 0.411 e. The number of carbonyl (C=O) groups excluding carboxylic acids is 1. The average Bonchev–Trinajstić information content (AvgIpc) is 2.90. The number of thiophene rings is 1. The van der Waals surface area contributed by atoms with Gasteiger partial charge in [-0.1, -0.05) is 43.0 Å². The highest BCUT2D eigenvalue weighted by Crippen LogP contribution is 2.34. The van der Waals surface area contributed by atoms with Crippen LogP contribution >= 0.6 is 11.3 Å². The molecule has 0 unspecified atom stereocenters. The molecule has 1 heterocycles. The van der Waals surface area contributed by atoms with Crippen LogP contribution in [0.4, 0.5) is 10.5 Å². The Labute approximate surface area is 125 Å². The number of carboxylic acids is 1. The summed E-state index contributed by atoms with van der Waals surface area (Å²) in [6.45, 7) is 3.49. The van der Waals surface area contributed by atoms with E-state index >= 15 is 0 Å². The number of amides is 1. The summed E-state index contributed by atoms with van der Waals surface area (Å²) in [5.41, 5.74) is 1.11. The fourth-order valence-electron chi connectivity index (χ4n) is 1.67. The summed E-state index contributed by atoms with van der Waals surface area (Å²) in [4.78, 5) is 23.6. The van der Waals surface area contributed by atoms with Crippen molar-refractivity contribution in [2.24, 2.45) is 0 Å². The van der Waals surface area contributed by atoms with Crippen LogP contribution in [0.3, 0.4) is 0 Å². The number of benzene rings is 1. The van der Waals surface area contributed by atoms with E-state index in [2.05, 4.69) is 11.9 Å². The van der Waals surface area contributed by atoms with Crippen molar-refractivity contribution in [2.75, 3.05) is 11.9 Å². The lowest BCUT2D eigenvalue weighted by atomic mass is 10.2. The van der Waals surface area contributed by atoms with Crippen molar-refractivity contribution in [1.29, 1.82) is 0 Å². The molecule has 0 fully saturated rings. The van der Waals surface area contributed by atoms with E-state index in [4.69, 9.17) is 4.74 Å². The van der Waals surface area contributed by atoms with Crippen molar-refractivity contribution in [2.45, 2.75) is 0 Å². The van der Waals surface area contributed by atoms with E-state index < -0.39 is 12.1 Å². The largest absolute Gasteiger partial charge is 0.477 e. The number of carbonyl (C=O) groups is 2. The molecule has 2 aromatic rings. The zero-order chi connectivity index (χ0) is 15.2. The van der Waals surface area contributed by atoms with Gasteiger partial charge < -0.3 is 9.84 Å². The molecule has 0 atom stereocenters. The van der Waals surface area contributed by atoms with Gasteiger partial charge in [-0.2, -0.15) is 0 Å². The molecule has 21 heavy (non-hydrogen) atoms. The van der Waals surface area contributed by atoms with Gasteiger partial charge in [-0.3, -0.25) is 5.32 Å². The maximum absolute atomic E-state index is 11.5. The quantitative estimate of drug-likeness (QED) is 0.823. The predicted molar refractivity (Wildman–Crippen MR) is 81.9 cm³/mol. The summed E-state index contributed by atoms with van der Waals surface area (Å²) in [5.74, 6) is -1.10. The lowest BCUT2D eigenvalue weighted by molar-refractivity contribution is 0.0703. The monoisotopic (exact) mass is 303 g/mol. The fourth-order valence-corrected chi connectivity index (χ4v) is 2.63. The third-order valence-electron chi connectivity index (χ3n) is 2.55. The molecule has 1 aromatic carbocycles. The zero-order valence-corrected chi connectivity index (χ0v) is 11.9. The molecule has 1 aromatic heterocycles. The number of aromatic carboxylic acids is 1. The molecule has 0 aliphatic rings. The molecule has 0 radical (unpaired) electrons. The van der Waals surface area contributed by atoms with Crippen LogP contribution in [-0.2, 0) is 4.74 Å². The number of anilines is 1. The molecule has 2 N–H and O–H groups in total. The lowest BCUT2D eigenvalue weighted by Crippen LogP contribution is -2.14. The first-order chi connectivity index (χ1) is 10.1. The van der Waals surface area contributed by atoms with Crippen LogP contribution in [0.5, 0.6) is 0 Å². The maximum Gasteiger partial charge on any atom is 0.411 e. The summed E-state index contributed by atoms with van der Waals surface area (Å²) >= 11 is 1.10. The van der Waals surface area contributed by atoms with Crippen molar-refractivity contribution in [3.05, 3.63) is 53.9 Å². The third-order valence-corrected chi connectivity index (χ3v) is 3.73. The predicted octanol–water partition coefficient (Wildman–Crippen LogP) is 3.85. The highest BCUT2D eigenvalue weighted by Gasteiger charge is 2.18. The molecule has 108 valence electrons. The first kappa shape index (κ1) is 14.8. The van der Waals surface area contributed by atoms with Crippen LogP contribution in [0.15, 0.2) is 49.1 Å². The number of carboxylic acid groups (broad SMARTS) is 1. The van der Waals surface area contributed by atoms with E-state index in [0.29, 0.717) is 0 Å². The molecule has 0 spiro atoms. The average molecular weight is 303 g/mol. The minimum Gasteiger partial charge on any atom is -0.477 e. The van der Waals surface area contributed by atoms with Crippen molar-refractivity contribution in [1.82, 2.24) is 0 Å². The second kappa shape index (κ2) is 6.71. The molecular formula is C15H13NO4S. The second-order valence-electron chi connectivity index (χ2n) is 4.04. The Kier molecular flexibility index (Phi) is 4.73. The molecule has 1 amide bonds. The molecule has 0 bridgehead atoms. The highest BCUT2D eigenvalue weighted by atomic mass is 32.1. The first-order valence-electron chi connectivity index (χ1n) is 6.09. The van der Waals surface area contributed by atoms with E-state index in [1.807, 2.05) is 30.3 Å². The van der Waals surface area contributed by atoms with Gasteiger partial charge in [0.25, 0.3) is 0 Å². The fraction of sp³-hybridized carbons (Fsp3) is 0.0667. The van der Waals surface area contributed by atoms with Crippen LogP contribution in [-0.4, -0.2) is 23.8 Å². The molecular weight excluding hydrogens is 290 g/mol. The highest BCUT2D eigenvalue weighted by molar-refractivity contribution is 7.18. The van der Waals surface area contributed by atoms with Crippen molar-refractivity contribution < 1.29 is 19.4 Å². The van der Waals surface area contributed by atoms with E-state index in [1.165, 1.54) is 6.08 Å². The number of nitrogens with one attached hydrogen (secondary N) is 1. The number of ether oxygens (including phenoxy) is 1. The first-order valence-corrected chi connectivity index (χ1v) is 6.90. The van der Waals surface area contributed by atoms with Gasteiger partial charge in [0.1, 0.15) is 11.5 Å². The molecule has 6 heteroatoms. The van der Waals surface area contributed by atoms with Crippen LogP contribution in [0.2, 0.25) is 0 Å².